The van der Waals surface area contributed by atoms with Gasteiger partial charge in [0.1, 0.15) is 11.4 Å². The number of hydrogen-bond donors (Lipinski definition) is 0. The molecule has 0 saturated carbocycles. The highest BCUT2D eigenvalue weighted by atomic mass is 32.1. The van der Waals surface area contributed by atoms with Crippen LogP contribution in [-0.4, -0.2) is 41.8 Å². The number of rotatable bonds is 9. The minimum atomic E-state index is -0.218. The highest BCUT2D eigenvalue weighted by molar-refractivity contribution is 7.11. The average Bonchev–Trinajstić information content (AvgIpc) is 3.44. The number of hydrogen-bond acceptors (Lipinski definition) is 5. The molecular formula is C26H26N2O3S. The van der Waals surface area contributed by atoms with E-state index in [4.69, 9.17) is 4.74 Å². The van der Waals surface area contributed by atoms with Crippen molar-refractivity contribution in [2.75, 3.05) is 20.2 Å². The van der Waals surface area contributed by atoms with E-state index in [1.165, 1.54) is 16.2 Å². The lowest BCUT2D eigenvalue weighted by molar-refractivity contribution is -0.137. The Morgan fingerprint density at radius 1 is 0.906 bits per heavy atom. The molecule has 0 aliphatic carbocycles. The lowest BCUT2D eigenvalue weighted by Crippen LogP contribution is -2.36. The van der Waals surface area contributed by atoms with Crippen molar-refractivity contribution in [2.24, 2.45) is 0 Å². The van der Waals surface area contributed by atoms with Gasteiger partial charge in [0.15, 0.2) is 0 Å². The number of nitrogens with zero attached hydrogens (tertiary/aromatic N) is 2. The van der Waals surface area contributed by atoms with Crippen molar-refractivity contribution in [3.05, 3.63) is 93.8 Å². The topological polar surface area (TPSA) is 49.9 Å². The van der Waals surface area contributed by atoms with Gasteiger partial charge in [-0.05, 0) is 48.1 Å². The van der Waals surface area contributed by atoms with Gasteiger partial charge >= 0.3 is 0 Å². The molecule has 32 heavy (non-hydrogen) atoms. The fourth-order valence-electron chi connectivity index (χ4n) is 3.89. The molecule has 0 radical (unpaired) electrons. The monoisotopic (exact) mass is 446 g/mol. The number of methoxy groups -OCH3 is 1. The van der Waals surface area contributed by atoms with Crippen molar-refractivity contribution in [2.45, 2.75) is 19.9 Å². The maximum Gasteiger partial charge on any atom is 0.277 e. The van der Waals surface area contributed by atoms with Gasteiger partial charge in [-0.3, -0.25) is 14.5 Å². The van der Waals surface area contributed by atoms with Crippen molar-refractivity contribution >= 4 is 28.7 Å². The molecule has 0 fully saturated rings. The number of carbonyl (C=O) groups excluding carboxylic acids is 2. The molecule has 2 heterocycles. The molecular weight excluding hydrogens is 420 g/mol. The molecule has 0 atom stereocenters. The summed E-state index contributed by atoms with van der Waals surface area (Å²) in [6, 6.07) is 21.6. The molecule has 2 amide bonds. The van der Waals surface area contributed by atoms with Crippen molar-refractivity contribution in [1.82, 2.24) is 9.80 Å². The highest BCUT2D eigenvalue weighted by Gasteiger charge is 2.41. The molecule has 0 spiro atoms. The standard InChI is InChI=1S/C26H26N2O3S/c1-3-27(18-20-8-5-4-6-9-20)24-23(22-10-7-17-32-22)25(29)28(26(24)30)16-15-19-11-13-21(31-2)14-12-19/h4-14,17H,3,15-16,18H2,1-2H3. The van der Waals surface area contributed by atoms with Crippen LogP contribution in [0.4, 0.5) is 0 Å². The number of amides is 2. The summed E-state index contributed by atoms with van der Waals surface area (Å²) >= 11 is 1.49. The lowest BCUT2D eigenvalue weighted by Gasteiger charge is -2.25. The van der Waals surface area contributed by atoms with E-state index in [0.29, 0.717) is 37.3 Å². The van der Waals surface area contributed by atoms with Crippen molar-refractivity contribution in [3.8, 4) is 5.75 Å². The van der Waals surface area contributed by atoms with E-state index >= 15 is 0 Å². The normalized spacial score (nSPS) is 13.8. The summed E-state index contributed by atoms with van der Waals surface area (Å²) in [5, 5.41) is 1.94. The van der Waals surface area contributed by atoms with Crippen LogP contribution < -0.4 is 4.74 Å². The Balaban J connectivity index is 1.61. The van der Waals surface area contributed by atoms with Gasteiger partial charge in [0, 0.05) is 24.5 Å². The minimum Gasteiger partial charge on any atom is -0.497 e. The lowest BCUT2D eigenvalue weighted by atomic mass is 10.1. The van der Waals surface area contributed by atoms with Crippen LogP contribution in [0.15, 0.2) is 77.8 Å². The van der Waals surface area contributed by atoms with Crippen LogP contribution in [0.1, 0.15) is 22.9 Å². The molecule has 1 aliphatic rings. The summed E-state index contributed by atoms with van der Waals surface area (Å²) in [4.78, 5) is 31.2. The first-order valence-corrected chi connectivity index (χ1v) is 11.6. The van der Waals surface area contributed by atoms with Gasteiger partial charge in [-0.25, -0.2) is 0 Å². The number of imide groups is 1. The first kappa shape index (κ1) is 21.8. The predicted octanol–water partition coefficient (Wildman–Crippen LogP) is 4.60. The van der Waals surface area contributed by atoms with Crippen LogP contribution in [-0.2, 0) is 22.6 Å². The molecule has 164 valence electrons. The van der Waals surface area contributed by atoms with E-state index in [-0.39, 0.29) is 11.8 Å². The van der Waals surface area contributed by atoms with Crippen LogP contribution in [0.25, 0.3) is 5.57 Å². The van der Waals surface area contributed by atoms with E-state index in [9.17, 15) is 9.59 Å². The van der Waals surface area contributed by atoms with Crippen LogP contribution >= 0.6 is 11.3 Å². The molecule has 0 unspecified atom stereocenters. The maximum absolute atomic E-state index is 13.5. The van der Waals surface area contributed by atoms with Crippen LogP contribution in [0.5, 0.6) is 5.75 Å². The van der Waals surface area contributed by atoms with Crippen LogP contribution in [0.3, 0.4) is 0 Å². The first-order chi connectivity index (χ1) is 15.6. The van der Waals surface area contributed by atoms with E-state index in [1.54, 1.807) is 7.11 Å². The van der Waals surface area contributed by atoms with Gasteiger partial charge in [-0.2, -0.15) is 0 Å². The number of carbonyl (C=O) groups is 2. The Morgan fingerprint density at radius 3 is 2.28 bits per heavy atom. The average molecular weight is 447 g/mol. The van der Waals surface area contributed by atoms with E-state index in [0.717, 1.165) is 21.8 Å². The Labute approximate surface area is 192 Å². The zero-order chi connectivity index (χ0) is 22.5. The van der Waals surface area contributed by atoms with Crippen molar-refractivity contribution in [3.63, 3.8) is 0 Å². The van der Waals surface area contributed by atoms with Gasteiger partial charge in [0.25, 0.3) is 11.8 Å². The summed E-state index contributed by atoms with van der Waals surface area (Å²) in [5.41, 5.74) is 3.16. The number of likely N-dealkylation sites (N-methyl/N-ethyl adjacent to an activating group) is 1. The summed E-state index contributed by atoms with van der Waals surface area (Å²) in [5.74, 6) is 0.350. The second-order valence-electron chi connectivity index (χ2n) is 7.56. The molecule has 0 N–H and O–H groups in total. The zero-order valence-electron chi connectivity index (χ0n) is 18.3. The van der Waals surface area contributed by atoms with E-state index < -0.39 is 0 Å². The summed E-state index contributed by atoms with van der Waals surface area (Å²) in [6.07, 6.45) is 0.595. The zero-order valence-corrected chi connectivity index (χ0v) is 19.1. The van der Waals surface area contributed by atoms with E-state index in [1.807, 2.05) is 83.9 Å². The molecule has 0 bridgehead atoms. The molecule has 2 aromatic carbocycles. The highest BCUT2D eigenvalue weighted by Crippen LogP contribution is 2.34. The van der Waals surface area contributed by atoms with Crippen LogP contribution in [0.2, 0.25) is 0 Å². The molecule has 3 aromatic rings. The summed E-state index contributed by atoms with van der Waals surface area (Å²) in [6.45, 7) is 3.56. The molecule has 6 heteroatoms. The summed E-state index contributed by atoms with van der Waals surface area (Å²) in [7, 11) is 1.63. The Kier molecular flexibility index (Phi) is 6.71. The van der Waals surface area contributed by atoms with Gasteiger partial charge in [0.05, 0.1) is 12.7 Å². The largest absolute Gasteiger partial charge is 0.497 e. The van der Waals surface area contributed by atoms with Gasteiger partial charge < -0.3 is 9.64 Å². The fraction of sp³-hybridized carbons (Fsp3) is 0.231. The van der Waals surface area contributed by atoms with Gasteiger partial charge in [-0.1, -0.05) is 48.5 Å². The number of thiophene rings is 1. The predicted molar refractivity (Wildman–Crippen MR) is 127 cm³/mol. The first-order valence-electron chi connectivity index (χ1n) is 10.7. The Morgan fingerprint density at radius 2 is 1.66 bits per heavy atom. The molecule has 5 nitrogen and oxygen atoms in total. The Hall–Kier alpha value is -3.38. The number of benzene rings is 2. The third kappa shape index (κ3) is 4.46. The fourth-order valence-corrected chi connectivity index (χ4v) is 4.65. The van der Waals surface area contributed by atoms with Gasteiger partial charge in [0.2, 0.25) is 0 Å². The quantitative estimate of drug-likeness (QED) is 0.451. The SMILES string of the molecule is CCN(Cc1ccccc1)C1=C(c2cccs2)C(=O)N(CCc2ccc(OC)cc2)C1=O. The molecule has 1 aliphatic heterocycles. The second kappa shape index (κ2) is 9.83. The van der Waals surface area contributed by atoms with Crippen molar-refractivity contribution < 1.29 is 14.3 Å². The maximum atomic E-state index is 13.5. The molecule has 4 rings (SSSR count). The van der Waals surface area contributed by atoms with Crippen molar-refractivity contribution in [1.29, 1.82) is 0 Å². The van der Waals surface area contributed by atoms with E-state index in [2.05, 4.69) is 0 Å². The minimum absolute atomic E-state index is 0.215. The number of ether oxygens (including phenoxy) is 1. The summed E-state index contributed by atoms with van der Waals surface area (Å²) < 4.78 is 5.21. The smallest absolute Gasteiger partial charge is 0.277 e. The third-order valence-corrected chi connectivity index (χ3v) is 6.50. The second-order valence-corrected chi connectivity index (χ2v) is 8.51. The molecule has 1 aromatic heterocycles. The van der Waals surface area contributed by atoms with Gasteiger partial charge in [-0.15, -0.1) is 11.3 Å². The molecule has 0 saturated heterocycles. The van der Waals surface area contributed by atoms with Crippen LogP contribution in [0, 0.1) is 0 Å². The third-order valence-electron chi connectivity index (χ3n) is 5.61. The Bertz CT molecular complexity index is 1110.